The summed E-state index contributed by atoms with van der Waals surface area (Å²) >= 11 is 2.15. The van der Waals surface area contributed by atoms with E-state index in [1.54, 1.807) is 10.4 Å². The number of rotatable bonds is 5. The lowest BCUT2D eigenvalue weighted by Gasteiger charge is -2.48. The van der Waals surface area contributed by atoms with E-state index in [1.807, 2.05) is 0 Å². The number of hydrogen-bond acceptors (Lipinski definition) is 4. The summed E-state index contributed by atoms with van der Waals surface area (Å²) in [6.07, 6.45) is 7.02. The molecule has 0 saturated heterocycles. The molecule has 3 heterocycles. The van der Waals surface area contributed by atoms with Gasteiger partial charge < -0.3 is 14.7 Å². The number of thiophene rings is 1. The van der Waals surface area contributed by atoms with Crippen molar-refractivity contribution in [2.75, 3.05) is 14.7 Å². The van der Waals surface area contributed by atoms with Gasteiger partial charge in [-0.1, -0.05) is 165 Å². The van der Waals surface area contributed by atoms with E-state index in [4.69, 9.17) is 0 Å². The highest BCUT2D eigenvalue weighted by Crippen LogP contribution is 2.59. The van der Waals surface area contributed by atoms with Gasteiger partial charge >= 0.3 is 0 Å². The van der Waals surface area contributed by atoms with Gasteiger partial charge in [0.2, 0.25) is 0 Å². The molecular formula is C69H80BN3S. The highest BCUT2D eigenvalue weighted by molar-refractivity contribution is 7.29. The van der Waals surface area contributed by atoms with Crippen molar-refractivity contribution in [1.82, 2.24) is 0 Å². The van der Waals surface area contributed by atoms with E-state index in [0.717, 1.165) is 23.5 Å². The molecule has 0 spiro atoms. The first-order valence-electron chi connectivity index (χ1n) is 28.0. The fourth-order valence-electron chi connectivity index (χ4n) is 14.2. The van der Waals surface area contributed by atoms with Crippen molar-refractivity contribution in [2.24, 2.45) is 0 Å². The molecule has 5 heteroatoms. The fraction of sp³-hybridized carbons (Fsp3) is 0.420. The van der Waals surface area contributed by atoms with Crippen molar-refractivity contribution in [1.29, 1.82) is 0 Å². The Kier molecular flexibility index (Phi) is 10.8. The Labute approximate surface area is 449 Å². The van der Waals surface area contributed by atoms with E-state index < -0.39 is 0 Å². The minimum absolute atomic E-state index is 0.0182. The van der Waals surface area contributed by atoms with Gasteiger partial charge in [0.05, 0.1) is 11.4 Å². The summed E-state index contributed by atoms with van der Waals surface area (Å²) in [5.41, 5.74) is 24.6. The van der Waals surface area contributed by atoms with Crippen molar-refractivity contribution in [2.45, 2.75) is 187 Å². The Morgan fingerprint density at radius 1 is 0.473 bits per heavy atom. The molecule has 2 aliphatic heterocycles. The molecule has 380 valence electrons. The third-order valence-corrected chi connectivity index (χ3v) is 20.8. The van der Waals surface area contributed by atoms with Crippen LogP contribution < -0.4 is 30.4 Å². The highest BCUT2D eigenvalue weighted by Gasteiger charge is 2.52. The lowest BCUT2D eigenvalue weighted by atomic mass is 9.35. The summed E-state index contributed by atoms with van der Waals surface area (Å²) in [5, 5.41) is 0. The molecule has 1 aromatic heterocycles. The largest absolute Gasteiger partial charge is 0.311 e. The van der Waals surface area contributed by atoms with E-state index in [0.29, 0.717) is 0 Å². The molecule has 12 rings (SSSR count). The molecule has 74 heavy (non-hydrogen) atoms. The number of hydrogen-bond donors (Lipinski definition) is 0. The smallest absolute Gasteiger partial charge is 0.264 e. The van der Waals surface area contributed by atoms with Crippen molar-refractivity contribution < 1.29 is 0 Å². The Hall–Kier alpha value is -5.52. The quantitative estimate of drug-likeness (QED) is 0.159. The highest BCUT2D eigenvalue weighted by atomic mass is 32.1. The maximum Gasteiger partial charge on any atom is 0.264 e. The van der Waals surface area contributed by atoms with Gasteiger partial charge in [0.1, 0.15) is 0 Å². The number of aryl methyl sites for hydroxylation is 1. The predicted molar refractivity (Wildman–Crippen MR) is 322 cm³/mol. The lowest BCUT2D eigenvalue weighted by molar-refractivity contribution is 0.332. The standard InChI is InChI=1S/C69H80BN3S/c1-43-37-44(63(2,3)4)27-30-54(43)73-57-40-48(71(45-23-19-17-20-24-45)46-25-21-18-22-26-46)39-56-59(57)70(62-60(73)58-61(74-62)69(15,16)36-35-68(58,13)14)53-41-51-52(67(11,12)34-33-66(51,9)10)42-55(53)72(56)47-28-29-49-50(38-47)65(7,8)32-31-64(49,5)6/h17-30,37-42H,31-36H2,1-16H3. The maximum atomic E-state index is 2.79. The second-order valence-corrected chi connectivity index (χ2v) is 29.3. The van der Waals surface area contributed by atoms with Crippen LogP contribution in [0.15, 0.2) is 121 Å². The van der Waals surface area contributed by atoms with Crippen LogP contribution in [0.3, 0.4) is 0 Å². The Bertz CT molecular complexity index is 3380. The molecule has 0 radical (unpaired) electrons. The van der Waals surface area contributed by atoms with E-state index in [2.05, 4.69) is 258 Å². The molecule has 0 atom stereocenters. The van der Waals surface area contributed by atoms with Crippen molar-refractivity contribution >= 4 is 84.9 Å². The van der Waals surface area contributed by atoms with Crippen LogP contribution in [-0.4, -0.2) is 6.71 Å². The number of para-hydroxylation sites is 2. The predicted octanol–water partition coefficient (Wildman–Crippen LogP) is 18.0. The zero-order valence-electron chi connectivity index (χ0n) is 47.6. The van der Waals surface area contributed by atoms with Crippen molar-refractivity contribution in [3.8, 4) is 0 Å². The zero-order valence-corrected chi connectivity index (χ0v) is 48.4. The summed E-state index contributed by atoms with van der Waals surface area (Å²) in [4.78, 5) is 9.62. The molecule has 3 aliphatic carbocycles. The molecule has 0 unspecified atom stereocenters. The number of nitrogens with zero attached hydrogens (tertiary/aromatic N) is 3. The Morgan fingerprint density at radius 2 is 0.986 bits per heavy atom. The topological polar surface area (TPSA) is 9.72 Å². The zero-order chi connectivity index (χ0) is 52.4. The Balaban J connectivity index is 1.27. The number of fused-ring (bicyclic) bond motifs is 8. The van der Waals surface area contributed by atoms with E-state index >= 15 is 0 Å². The number of anilines is 9. The van der Waals surface area contributed by atoms with Crippen LogP contribution in [0, 0.1) is 6.92 Å². The Morgan fingerprint density at radius 3 is 1.55 bits per heavy atom. The first-order chi connectivity index (χ1) is 34.7. The molecular weight excluding hydrogens is 914 g/mol. The lowest BCUT2D eigenvalue weighted by Crippen LogP contribution is -2.61. The summed E-state index contributed by atoms with van der Waals surface area (Å²) < 4.78 is 1.50. The van der Waals surface area contributed by atoms with Crippen molar-refractivity contribution in [3.63, 3.8) is 0 Å². The van der Waals surface area contributed by atoms with Crippen LogP contribution in [0.4, 0.5) is 51.2 Å². The molecule has 5 aliphatic rings. The summed E-state index contributed by atoms with van der Waals surface area (Å²) in [6, 6.07) is 47.8. The van der Waals surface area contributed by atoms with Crippen LogP contribution in [0.2, 0.25) is 0 Å². The van der Waals surface area contributed by atoms with Crippen LogP contribution in [0.25, 0.3) is 0 Å². The summed E-state index contributed by atoms with van der Waals surface area (Å²) in [5.74, 6) is 0. The first-order valence-corrected chi connectivity index (χ1v) is 28.8. The van der Waals surface area contributed by atoms with Gasteiger partial charge in [-0.25, -0.2) is 0 Å². The van der Waals surface area contributed by atoms with Gasteiger partial charge in [0, 0.05) is 49.5 Å². The second-order valence-electron chi connectivity index (χ2n) is 28.3. The van der Waals surface area contributed by atoms with Gasteiger partial charge in [0.25, 0.3) is 6.71 Å². The van der Waals surface area contributed by atoms with E-state index in [1.165, 1.54) is 115 Å². The average Bonchev–Trinajstić information content (AvgIpc) is 3.77. The van der Waals surface area contributed by atoms with E-state index in [9.17, 15) is 0 Å². The molecule has 0 fully saturated rings. The molecule has 0 saturated carbocycles. The minimum Gasteiger partial charge on any atom is -0.311 e. The van der Waals surface area contributed by atoms with Crippen molar-refractivity contribution in [3.05, 3.63) is 165 Å². The number of benzene rings is 6. The average molecular weight is 994 g/mol. The fourth-order valence-corrected chi connectivity index (χ4v) is 15.9. The van der Waals surface area contributed by atoms with Crippen LogP contribution in [0.1, 0.15) is 186 Å². The summed E-state index contributed by atoms with van der Waals surface area (Å²) in [6.45, 7) is 39.5. The normalized spacial score (nSPS) is 19.9. The summed E-state index contributed by atoms with van der Waals surface area (Å²) in [7, 11) is 0. The molecule has 0 N–H and O–H groups in total. The molecule has 6 aromatic carbocycles. The second kappa shape index (κ2) is 16.3. The SMILES string of the molecule is Cc1cc(C(C)(C)C)ccc1N1c2cc(N(c3ccccc3)c3ccccc3)cc3c2B(c2cc4c(cc2N3c2ccc3c(c2)C(C)(C)CCC3(C)C)C(C)(C)CCC4(C)C)c2sc3c(c21)C(C)(C)CCC3(C)C. The van der Waals surface area contributed by atoms with E-state index in [-0.39, 0.29) is 44.6 Å². The molecule has 3 nitrogen and oxygen atoms in total. The van der Waals surface area contributed by atoms with Gasteiger partial charge in [-0.15, -0.1) is 0 Å². The van der Waals surface area contributed by atoms with Gasteiger partial charge in [-0.2, -0.15) is 11.3 Å². The minimum atomic E-state index is -0.0282. The molecule has 7 aromatic rings. The van der Waals surface area contributed by atoms with Crippen LogP contribution in [-0.2, 0) is 37.9 Å². The molecule has 0 amide bonds. The van der Waals surface area contributed by atoms with Gasteiger partial charge in [-0.05, 0) is 194 Å². The third kappa shape index (κ3) is 7.46. The maximum absolute atomic E-state index is 2.79. The van der Waals surface area contributed by atoms with Gasteiger partial charge in [0.15, 0.2) is 0 Å². The van der Waals surface area contributed by atoms with Crippen LogP contribution in [0.5, 0.6) is 0 Å². The molecule has 0 bridgehead atoms. The third-order valence-electron chi connectivity index (χ3n) is 19.2. The monoisotopic (exact) mass is 994 g/mol. The first kappa shape index (κ1) is 49.4. The van der Waals surface area contributed by atoms with Gasteiger partial charge in [-0.3, -0.25) is 0 Å². The van der Waals surface area contributed by atoms with Crippen LogP contribution >= 0.6 is 11.3 Å².